The summed E-state index contributed by atoms with van der Waals surface area (Å²) in [5.74, 6) is 3.20. The summed E-state index contributed by atoms with van der Waals surface area (Å²) in [6.07, 6.45) is 2.55. The molecule has 2 rings (SSSR count). The molecule has 0 heterocycles. The van der Waals surface area contributed by atoms with Crippen LogP contribution in [-0.4, -0.2) is 43.3 Å². The average Bonchev–Trinajstić information content (AvgIpc) is 2.89. The van der Waals surface area contributed by atoms with Gasteiger partial charge in [0.2, 0.25) is 0 Å². The van der Waals surface area contributed by atoms with E-state index in [9.17, 15) is 5.11 Å². The molecule has 1 aromatic rings. The molecule has 3 nitrogen and oxygen atoms in total. The van der Waals surface area contributed by atoms with Crippen LogP contribution in [0, 0.1) is 22.8 Å². The zero-order valence-corrected chi connectivity index (χ0v) is 14.6. The second kappa shape index (κ2) is 6.67. The lowest BCUT2D eigenvalue weighted by Gasteiger charge is -2.31. The third kappa shape index (κ3) is 3.59. The van der Waals surface area contributed by atoms with Crippen LogP contribution in [0.1, 0.15) is 19.3 Å². The lowest BCUT2D eigenvalue weighted by atomic mass is 9.98. The molecule has 0 saturated heterocycles. The van der Waals surface area contributed by atoms with Gasteiger partial charge in [-0.2, -0.15) is 5.26 Å². The Balaban J connectivity index is 2.24. The predicted molar refractivity (Wildman–Crippen MR) is 92.2 cm³/mol. The fraction of sp³-hybridized carbons (Fsp3) is 0.500. The summed E-state index contributed by atoms with van der Waals surface area (Å²) in [5, 5.41) is 21.1. The van der Waals surface area contributed by atoms with Crippen LogP contribution in [0.2, 0.25) is 13.1 Å². The van der Waals surface area contributed by atoms with Crippen LogP contribution < -0.4 is 5.19 Å². The number of nitrogens with zero attached hydrogens (tertiary/aromatic N) is 2. The minimum Gasteiger partial charge on any atom is -0.376 e. The average molecular weight is 312 g/mol. The molecular formula is C18H24N2OSi. The fourth-order valence-corrected chi connectivity index (χ4v) is 4.81. The Morgan fingerprint density at radius 2 is 2.05 bits per heavy atom. The molecule has 0 radical (unpaired) electrons. The van der Waals surface area contributed by atoms with Crippen molar-refractivity contribution >= 4 is 13.3 Å². The third-order valence-corrected chi connectivity index (χ3v) is 7.05. The number of benzene rings is 1. The molecule has 0 aliphatic heterocycles. The number of nitriles is 1. The lowest BCUT2D eigenvalue weighted by Crippen LogP contribution is -2.48. The van der Waals surface area contributed by atoms with Gasteiger partial charge in [0, 0.05) is 0 Å². The molecule has 1 aliphatic rings. The van der Waals surface area contributed by atoms with Gasteiger partial charge in [-0.05, 0) is 31.5 Å². The molecule has 2 atom stereocenters. The van der Waals surface area contributed by atoms with Gasteiger partial charge in [0.1, 0.15) is 5.60 Å². The van der Waals surface area contributed by atoms with E-state index in [4.69, 9.17) is 5.26 Å². The zero-order valence-electron chi connectivity index (χ0n) is 13.6. The van der Waals surface area contributed by atoms with Gasteiger partial charge in [-0.15, -0.1) is 5.54 Å². The molecule has 0 spiro atoms. The molecule has 1 aliphatic carbocycles. The van der Waals surface area contributed by atoms with Gasteiger partial charge in [0.05, 0.1) is 18.7 Å². The molecule has 0 bridgehead atoms. The van der Waals surface area contributed by atoms with Crippen molar-refractivity contribution in [1.82, 2.24) is 4.90 Å². The maximum atomic E-state index is 11.0. The molecule has 116 valence electrons. The van der Waals surface area contributed by atoms with E-state index in [-0.39, 0.29) is 6.04 Å². The van der Waals surface area contributed by atoms with E-state index in [0.717, 1.165) is 12.8 Å². The van der Waals surface area contributed by atoms with Crippen LogP contribution >= 0.6 is 0 Å². The standard InChI is InChI=1S/C18H24N2OSi/c1-20(14-13-19)17-10-7-11-18(17,21)12-15-22(2,3)16-8-5-4-6-9-16/h4-6,8-9,17,21H,7,10-11,14H2,1-3H3. The molecule has 1 aromatic carbocycles. The van der Waals surface area contributed by atoms with Crippen molar-refractivity contribution in [2.75, 3.05) is 13.6 Å². The van der Waals surface area contributed by atoms with Gasteiger partial charge in [0.15, 0.2) is 8.07 Å². The van der Waals surface area contributed by atoms with Gasteiger partial charge in [0.25, 0.3) is 0 Å². The summed E-state index contributed by atoms with van der Waals surface area (Å²) in [6, 6.07) is 12.5. The molecule has 1 saturated carbocycles. The van der Waals surface area contributed by atoms with Crippen molar-refractivity contribution in [2.45, 2.75) is 44.0 Å². The largest absolute Gasteiger partial charge is 0.376 e. The van der Waals surface area contributed by atoms with Crippen LogP contribution in [-0.2, 0) is 0 Å². The Morgan fingerprint density at radius 1 is 1.36 bits per heavy atom. The third-order valence-electron chi connectivity index (χ3n) is 4.53. The SMILES string of the molecule is CN(CC#N)C1CCCC1(O)C#C[Si](C)(C)c1ccccc1. The Hall–Kier alpha value is -1.59. The predicted octanol–water partition coefficient (Wildman–Crippen LogP) is 1.88. The summed E-state index contributed by atoms with van der Waals surface area (Å²) >= 11 is 0. The number of rotatable bonds is 3. The van der Waals surface area contributed by atoms with Crippen LogP contribution in [0.3, 0.4) is 0 Å². The van der Waals surface area contributed by atoms with E-state index in [0.29, 0.717) is 13.0 Å². The number of likely N-dealkylation sites (N-methyl/N-ethyl adjacent to an activating group) is 1. The smallest absolute Gasteiger partial charge is 0.162 e. The Kier molecular flexibility index (Phi) is 5.08. The summed E-state index contributed by atoms with van der Waals surface area (Å²) < 4.78 is 0. The topological polar surface area (TPSA) is 47.3 Å². The van der Waals surface area contributed by atoms with Crippen LogP contribution in [0.5, 0.6) is 0 Å². The highest BCUT2D eigenvalue weighted by molar-refractivity contribution is 6.96. The summed E-state index contributed by atoms with van der Waals surface area (Å²) in [4.78, 5) is 1.93. The highest BCUT2D eigenvalue weighted by Gasteiger charge is 2.42. The first-order chi connectivity index (χ1) is 10.4. The quantitative estimate of drug-likeness (QED) is 0.527. The molecule has 22 heavy (non-hydrogen) atoms. The molecule has 1 N–H and O–H groups in total. The van der Waals surface area contributed by atoms with Gasteiger partial charge in [-0.3, -0.25) is 4.90 Å². The number of hydrogen-bond donors (Lipinski definition) is 1. The van der Waals surface area contributed by atoms with Crippen LogP contribution in [0.4, 0.5) is 0 Å². The summed E-state index contributed by atoms with van der Waals surface area (Å²) in [5.41, 5.74) is 2.43. The van der Waals surface area contributed by atoms with Crippen molar-refractivity contribution < 1.29 is 5.11 Å². The first-order valence-corrected chi connectivity index (χ1v) is 10.8. The Labute approximate surface area is 134 Å². The minimum absolute atomic E-state index is 0.0415. The van der Waals surface area contributed by atoms with Crippen molar-refractivity contribution in [3.63, 3.8) is 0 Å². The number of aliphatic hydroxyl groups is 1. The molecule has 4 heteroatoms. The van der Waals surface area contributed by atoms with Crippen molar-refractivity contribution in [3.8, 4) is 17.5 Å². The summed E-state index contributed by atoms with van der Waals surface area (Å²) in [6.45, 7) is 4.75. The maximum Gasteiger partial charge on any atom is 0.162 e. The molecular weight excluding hydrogens is 288 g/mol. The Bertz CT molecular complexity index is 611. The molecule has 0 aromatic heterocycles. The van der Waals surface area contributed by atoms with Gasteiger partial charge in [-0.1, -0.05) is 49.3 Å². The van der Waals surface area contributed by atoms with E-state index in [1.54, 1.807) is 0 Å². The summed E-state index contributed by atoms with van der Waals surface area (Å²) in [7, 11) is 0.0130. The van der Waals surface area contributed by atoms with E-state index < -0.39 is 13.7 Å². The first kappa shape index (κ1) is 16.8. The van der Waals surface area contributed by atoms with Crippen LogP contribution in [0.15, 0.2) is 30.3 Å². The zero-order chi connectivity index (χ0) is 16.2. The van der Waals surface area contributed by atoms with Crippen molar-refractivity contribution in [1.29, 1.82) is 5.26 Å². The fourth-order valence-electron chi connectivity index (χ4n) is 3.11. The van der Waals surface area contributed by atoms with E-state index in [1.165, 1.54) is 5.19 Å². The van der Waals surface area contributed by atoms with Crippen LogP contribution in [0.25, 0.3) is 0 Å². The van der Waals surface area contributed by atoms with Gasteiger partial charge in [-0.25, -0.2) is 0 Å². The second-order valence-corrected chi connectivity index (χ2v) is 10.7. The highest BCUT2D eigenvalue weighted by atomic mass is 28.3. The van der Waals surface area contributed by atoms with E-state index in [2.05, 4.69) is 42.8 Å². The lowest BCUT2D eigenvalue weighted by molar-refractivity contribution is 0.0342. The monoisotopic (exact) mass is 312 g/mol. The van der Waals surface area contributed by atoms with Crippen molar-refractivity contribution in [3.05, 3.63) is 30.3 Å². The molecule has 2 unspecified atom stereocenters. The minimum atomic E-state index is -1.88. The normalized spacial score (nSPS) is 24.6. The Morgan fingerprint density at radius 3 is 2.68 bits per heavy atom. The maximum absolute atomic E-state index is 11.0. The van der Waals surface area contributed by atoms with Crippen molar-refractivity contribution in [2.24, 2.45) is 0 Å². The second-order valence-electron chi connectivity index (χ2n) is 6.65. The van der Waals surface area contributed by atoms with Gasteiger partial charge < -0.3 is 5.11 Å². The van der Waals surface area contributed by atoms with E-state index in [1.807, 2.05) is 30.1 Å². The van der Waals surface area contributed by atoms with Gasteiger partial charge >= 0.3 is 0 Å². The molecule has 1 fully saturated rings. The van der Waals surface area contributed by atoms with E-state index >= 15 is 0 Å². The molecule has 0 amide bonds. The first-order valence-electron chi connectivity index (χ1n) is 7.78. The highest BCUT2D eigenvalue weighted by Crippen LogP contribution is 2.32. The number of hydrogen-bond acceptors (Lipinski definition) is 3.